The number of hydrogen-bond donors (Lipinski definition) is 1. The van der Waals surface area contributed by atoms with E-state index in [-0.39, 0.29) is 0 Å². The van der Waals surface area contributed by atoms with Gasteiger partial charge in [0.2, 0.25) is 0 Å². The molecule has 0 saturated carbocycles. The minimum Gasteiger partial charge on any atom is -0.493 e. The lowest BCUT2D eigenvalue weighted by Gasteiger charge is -2.17. The van der Waals surface area contributed by atoms with Crippen molar-refractivity contribution in [3.63, 3.8) is 0 Å². The van der Waals surface area contributed by atoms with Crippen molar-refractivity contribution in [3.8, 4) is 11.5 Å². The second-order valence-electron chi connectivity index (χ2n) is 5.15. The first-order chi connectivity index (χ1) is 10.2. The van der Waals surface area contributed by atoms with E-state index in [4.69, 9.17) is 9.47 Å². The van der Waals surface area contributed by atoms with E-state index in [0.29, 0.717) is 17.9 Å². The maximum atomic E-state index is 11.3. The highest BCUT2D eigenvalue weighted by Crippen LogP contribution is 2.27. The van der Waals surface area contributed by atoms with Gasteiger partial charge in [-0.15, -0.1) is 0 Å². The smallest absolute Gasteiger partial charge is 0.344 e. The van der Waals surface area contributed by atoms with Gasteiger partial charge in [0.15, 0.2) is 17.6 Å². The van der Waals surface area contributed by atoms with E-state index in [2.05, 4.69) is 6.92 Å². The number of benzene rings is 1. The Hall–Kier alpha value is -1.71. The Morgan fingerprint density at radius 2 is 1.71 bits per heavy atom. The number of carbonyl (C=O) groups is 1. The molecule has 1 aromatic carbocycles. The normalized spacial score (nSPS) is 11.9. The molecule has 118 valence electrons. The lowest BCUT2D eigenvalue weighted by atomic mass is 10.1. The Labute approximate surface area is 127 Å². The van der Waals surface area contributed by atoms with Crippen molar-refractivity contribution in [2.24, 2.45) is 0 Å². The highest BCUT2D eigenvalue weighted by molar-refractivity contribution is 5.72. The molecule has 0 saturated heterocycles. The maximum absolute atomic E-state index is 11.3. The van der Waals surface area contributed by atoms with Gasteiger partial charge in [-0.2, -0.15) is 0 Å². The number of hydrogen-bond acceptors (Lipinski definition) is 3. The minimum atomic E-state index is -0.922. The summed E-state index contributed by atoms with van der Waals surface area (Å²) < 4.78 is 10.8. The van der Waals surface area contributed by atoms with Gasteiger partial charge in [-0.05, 0) is 25.0 Å². The SMILES string of the molecule is CCCCCCCCC(Oc1ccccc1OC)C(=O)O. The summed E-state index contributed by atoms with van der Waals surface area (Å²) in [7, 11) is 1.55. The Morgan fingerprint density at radius 1 is 1.10 bits per heavy atom. The molecule has 4 nitrogen and oxygen atoms in total. The second-order valence-corrected chi connectivity index (χ2v) is 5.15. The minimum absolute atomic E-state index is 0.485. The topological polar surface area (TPSA) is 55.8 Å². The number of carboxylic acid groups (broad SMARTS) is 1. The fraction of sp³-hybridized carbons (Fsp3) is 0.588. The maximum Gasteiger partial charge on any atom is 0.344 e. The summed E-state index contributed by atoms with van der Waals surface area (Å²) in [6.45, 7) is 2.18. The van der Waals surface area contributed by atoms with Crippen molar-refractivity contribution < 1.29 is 19.4 Å². The van der Waals surface area contributed by atoms with Crippen molar-refractivity contribution in [1.29, 1.82) is 0 Å². The van der Waals surface area contributed by atoms with E-state index in [1.54, 1.807) is 19.2 Å². The number of carboxylic acids is 1. The van der Waals surface area contributed by atoms with E-state index in [1.807, 2.05) is 12.1 Å². The molecule has 0 amide bonds. The van der Waals surface area contributed by atoms with Crippen LogP contribution in [0.3, 0.4) is 0 Å². The van der Waals surface area contributed by atoms with Gasteiger partial charge in [0.05, 0.1) is 7.11 Å². The lowest BCUT2D eigenvalue weighted by molar-refractivity contribution is -0.145. The summed E-state index contributed by atoms with van der Waals surface area (Å²) >= 11 is 0. The quantitative estimate of drug-likeness (QED) is 0.619. The molecule has 4 heteroatoms. The molecule has 0 aliphatic rings. The first kappa shape index (κ1) is 17.3. The lowest BCUT2D eigenvalue weighted by Crippen LogP contribution is -2.27. The highest BCUT2D eigenvalue weighted by Gasteiger charge is 2.20. The number of aliphatic carboxylic acids is 1. The van der Waals surface area contributed by atoms with Crippen molar-refractivity contribution in [1.82, 2.24) is 0 Å². The number of rotatable bonds is 11. The molecule has 0 spiro atoms. The Kier molecular flexibility index (Phi) is 8.32. The average molecular weight is 294 g/mol. The van der Waals surface area contributed by atoms with Crippen molar-refractivity contribution in [2.45, 2.75) is 58.0 Å². The molecular formula is C17H26O4. The number of unbranched alkanes of at least 4 members (excludes halogenated alkanes) is 5. The standard InChI is InChI=1S/C17H26O4/c1-3-4-5-6-7-8-13-16(17(18)19)21-15-12-10-9-11-14(15)20-2/h9-12,16H,3-8,13H2,1-2H3,(H,18,19). The van der Waals surface area contributed by atoms with Crippen LogP contribution >= 0.6 is 0 Å². The van der Waals surface area contributed by atoms with Crippen LogP contribution in [0.25, 0.3) is 0 Å². The molecule has 1 unspecified atom stereocenters. The molecular weight excluding hydrogens is 268 g/mol. The van der Waals surface area contributed by atoms with Gasteiger partial charge >= 0.3 is 5.97 Å². The van der Waals surface area contributed by atoms with Crippen LogP contribution in [-0.4, -0.2) is 24.3 Å². The Bertz CT molecular complexity index is 417. The monoisotopic (exact) mass is 294 g/mol. The van der Waals surface area contributed by atoms with Gasteiger partial charge in [0, 0.05) is 0 Å². The Morgan fingerprint density at radius 3 is 2.33 bits per heavy atom. The van der Waals surface area contributed by atoms with Crippen LogP contribution in [0.2, 0.25) is 0 Å². The molecule has 1 N–H and O–H groups in total. The van der Waals surface area contributed by atoms with Crippen molar-refractivity contribution in [2.75, 3.05) is 7.11 Å². The third-order valence-corrected chi connectivity index (χ3v) is 3.43. The van der Waals surface area contributed by atoms with E-state index < -0.39 is 12.1 Å². The molecule has 0 aliphatic heterocycles. The molecule has 0 radical (unpaired) electrons. The average Bonchev–Trinajstić information content (AvgIpc) is 2.49. The van der Waals surface area contributed by atoms with Crippen LogP contribution in [0.15, 0.2) is 24.3 Å². The first-order valence-corrected chi connectivity index (χ1v) is 7.71. The van der Waals surface area contributed by atoms with Gasteiger partial charge in [0.25, 0.3) is 0 Å². The van der Waals surface area contributed by atoms with Crippen LogP contribution in [0, 0.1) is 0 Å². The molecule has 0 bridgehead atoms. The van der Waals surface area contributed by atoms with Crippen LogP contribution in [-0.2, 0) is 4.79 Å². The van der Waals surface area contributed by atoms with E-state index in [1.165, 1.54) is 19.3 Å². The molecule has 0 aromatic heterocycles. The first-order valence-electron chi connectivity index (χ1n) is 7.71. The van der Waals surface area contributed by atoms with Gasteiger partial charge in [-0.1, -0.05) is 51.2 Å². The summed E-state index contributed by atoms with van der Waals surface area (Å²) in [5.74, 6) is 0.125. The summed E-state index contributed by atoms with van der Waals surface area (Å²) in [5.41, 5.74) is 0. The van der Waals surface area contributed by atoms with Gasteiger partial charge < -0.3 is 14.6 Å². The molecule has 0 fully saturated rings. The van der Waals surface area contributed by atoms with Crippen LogP contribution < -0.4 is 9.47 Å². The number of methoxy groups -OCH3 is 1. The van der Waals surface area contributed by atoms with E-state index in [0.717, 1.165) is 19.3 Å². The zero-order valence-corrected chi connectivity index (χ0v) is 13.0. The number of ether oxygens (including phenoxy) is 2. The van der Waals surface area contributed by atoms with Gasteiger partial charge in [-0.25, -0.2) is 4.79 Å². The summed E-state index contributed by atoms with van der Waals surface area (Å²) in [6.07, 6.45) is 6.49. The summed E-state index contributed by atoms with van der Waals surface area (Å²) in [4.78, 5) is 11.3. The molecule has 21 heavy (non-hydrogen) atoms. The van der Waals surface area contributed by atoms with Crippen LogP contribution in [0.4, 0.5) is 0 Å². The van der Waals surface area contributed by atoms with Crippen molar-refractivity contribution >= 4 is 5.97 Å². The van der Waals surface area contributed by atoms with Gasteiger partial charge in [0.1, 0.15) is 0 Å². The summed E-state index contributed by atoms with van der Waals surface area (Å²) in [5, 5.41) is 9.27. The number of para-hydroxylation sites is 2. The summed E-state index contributed by atoms with van der Waals surface area (Å²) in [6, 6.07) is 7.13. The predicted molar refractivity (Wildman–Crippen MR) is 83.0 cm³/mol. The van der Waals surface area contributed by atoms with Crippen LogP contribution in [0.1, 0.15) is 51.9 Å². The molecule has 0 heterocycles. The highest BCUT2D eigenvalue weighted by atomic mass is 16.5. The largest absolute Gasteiger partial charge is 0.493 e. The zero-order valence-electron chi connectivity index (χ0n) is 13.0. The molecule has 1 aromatic rings. The van der Waals surface area contributed by atoms with E-state index in [9.17, 15) is 9.90 Å². The second kappa shape index (κ2) is 10.1. The van der Waals surface area contributed by atoms with E-state index >= 15 is 0 Å². The predicted octanol–water partition coefficient (Wildman–Crippen LogP) is 4.28. The third-order valence-electron chi connectivity index (χ3n) is 3.43. The van der Waals surface area contributed by atoms with Crippen LogP contribution in [0.5, 0.6) is 11.5 Å². The zero-order chi connectivity index (χ0) is 15.5. The third kappa shape index (κ3) is 6.52. The Balaban J connectivity index is 2.45. The molecule has 1 rings (SSSR count). The fourth-order valence-electron chi connectivity index (χ4n) is 2.21. The van der Waals surface area contributed by atoms with Gasteiger partial charge in [-0.3, -0.25) is 0 Å². The molecule has 0 aliphatic carbocycles. The fourth-order valence-corrected chi connectivity index (χ4v) is 2.21. The van der Waals surface area contributed by atoms with Crippen molar-refractivity contribution in [3.05, 3.63) is 24.3 Å². The molecule has 1 atom stereocenters.